The van der Waals surface area contributed by atoms with Crippen LogP contribution in [0.3, 0.4) is 0 Å². The van der Waals surface area contributed by atoms with Crippen LogP contribution in [0, 0.1) is 5.92 Å². The van der Waals surface area contributed by atoms with Crippen molar-refractivity contribution in [2.45, 2.75) is 26.3 Å². The molecule has 94 valence electrons. The first-order valence-electron chi connectivity index (χ1n) is 5.84. The van der Waals surface area contributed by atoms with E-state index in [0.717, 1.165) is 13.0 Å². The van der Waals surface area contributed by atoms with Crippen LogP contribution in [-0.4, -0.2) is 40.6 Å². The Labute approximate surface area is 102 Å². The van der Waals surface area contributed by atoms with Gasteiger partial charge in [0, 0.05) is 18.9 Å². The molecule has 0 amide bonds. The second kappa shape index (κ2) is 6.35. The van der Waals surface area contributed by atoms with E-state index in [2.05, 4.69) is 4.98 Å². The lowest BCUT2D eigenvalue weighted by Crippen LogP contribution is -2.43. The van der Waals surface area contributed by atoms with E-state index in [4.69, 9.17) is 5.11 Å². The van der Waals surface area contributed by atoms with Crippen molar-refractivity contribution in [2.24, 2.45) is 5.92 Å². The van der Waals surface area contributed by atoms with E-state index in [-0.39, 0.29) is 5.92 Å². The lowest BCUT2D eigenvalue weighted by atomic mass is 10.0. The molecular weight excluding hydrogens is 216 g/mol. The summed E-state index contributed by atoms with van der Waals surface area (Å²) >= 11 is 0. The molecular formula is C13H20N2O2. The molecule has 0 bridgehead atoms. The van der Waals surface area contributed by atoms with Crippen molar-refractivity contribution < 1.29 is 9.90 Å². The van der Waals surface area contributed by atoms with Crippen LogP contribution in [0.4, 0.5) is 0 Å². The van der Waals surface area contributed by atoms with Gasteiger partial charge in [-0.1, -0.05) is 13.8 Å². The van der Waals surface area contributed by atoms with E-state index in [9.17, 15) is 4.79 Å². The summed E-state index contributed by atoms with van der Waals surface area (Å²) in [6, 6.07) is 3.50. The Balaban J connectivity index is 2.53. The number of carbonyl (C=O) groups is 1. The molecule has 0 saturated heterocycles. The molecule has 4 heteroatoms. The molecule has 0 aliphatic rings. The molecule has 0 spiro atoms. The SMILES string of the molecule is CC(C)C(C(=O)O)N(C)CCc1ccncc1. The third-order valence-corrected chi connectivity index (χ3v) is 2.86. The minimum Gasteiger partial charge on any atom is -0.480 e. The standard InChI is InChI=1S/C13H20N2O2/c1-10(2)12(13(16)17)15(3)9-6-11-4-7-14-8-5-11/h4-5,7-8,10,12H,6,9H2,1-3H3,(H,16,17). The van der Waals surface area contributed by atoms with Crippen molar-refractivity contribution >= 4 is 5.97 Å². The number of aromatic nitrogens is 1. The fourth-order valence-electron chi connectivity index (χ4n) is 1.98. The van der Waals surface area contributed by atoms with Gasteiger partial charge in [0.2, 0.25) is 0 Å². The molecule has 0 fully saturated rings. The summed E-state index contributed by atoms with van der Waals surface area (Å²) in [5, 5.41) is 9.16. The van der Waals surface area contributed by atoms with Crippen molar-refractivity contribution in [3.05, 3.63) is 30.1 Å². The minimum atomic E-state index is -0.753. The second-order valence-corrected chi connectivity index (χ2v) is 4.61. The molecule has 1 atom stereocenters. The van der Waals surface area contributed by atoms with Gasteiger partial charge in [-0.25, -0.2) is 0 Å². The van der Waals surface area contributed by atoms with Crippen molar-refractivity contribution in [1.82, 2.24) is 9.88 Å². The average molecular weight is 236 g/mol. The molecule has 17 heavy (non-hydrogen) atoms. The highest BCUT2D eigenvalue weighted by atomic mass is 16.4. The zero-order valence-electron chi connectivity index (χ0n) is 10.6. The molecule has 1 aromatic rings. The molecule has 1 heterocycles. The minimum absolute atomic E-state index is 0.106. The zero-order chi connectivity index (χ0) is 12.8. The fourth-order valence-corrected chi connectivity index (χ4v) is 1.98. The molecule has 1 rings (SSSR count). The lowest BCUT2D eigenvalue weighted by molar-refractivity contribution is -0.144. The largest absolute Gasteiger partial charge is 0.480 e. The van der Waals surface area contributed by atoms with E-state index >= 15 is 0 Å². The van der Waals surface area contributed by atoms with Gasteiger partial charge in [-0.3, -0.25) is 14.7 Å². The van der Waals surface area contributed by atoms with E-state index in [1.54, 1.807) is 12.4 Å². The Kier molecular flexibility index (Phi) is 5.10. The highest BCUT2D eigenvalue weighted by Gasteiger charge is 2.25. The van der Waals surface area contributed by atoms with Crippen LogP contribution in [0.2, 0.25) is 0 Å². The van der Waals surface area contributed by atoms with Crippen LogP contribution in [0.15, 0.2) is 24.5 Å². The molecule has 1 unspecified atom stereocenters. The summed E-state index contributed by atoms with van der Waals surface area (Å²) in [6.07, 6.45) is 4.36. The summed E-state index contributed by atoms with van der Waals surface area (Å²) in [5.74, 6) is -0.646. The number of likely N-dealkylation sites (N-methyl/N-ethyl adjacent to an activating group) is 1. The first-order chi connectivity index (χ1) is 8.02. The van der Waals surface area contributed by atoms with Crippen molar-refractivity contribution in [2.75, 3.05) is 13.6 Å². The monoisotopic (exact) mass is 236 g/mol. The third kappa shape index (κ3) is 4.15. The van der Waals surface area contributed by atoms with Crippen molar-refractivity contribution in [1.29, 1.82) is 0 Å². The maximum absolute atomic E-state index is 11.1. The van der Waals surface area contributed by atoms with Gasteiger partial charge in [0.25, 0.3) is 0 Å². The number of aliphatic carboxylic acids is 1. The van der Waals surface area contributed by atoms with Crippen LogP contribution in [0.5, 0.6) is 0 Å². The molecule has 0 aliphatic carbocycles. The highest BCUT2D eigenvalue weighted by molar-refractivity contribution is 5.73. The van der Waals surface area contributed by atoms with Gasteiger partial charge in [-0.15, -0.1) is 0 Å². The predicted molar refractivity (Wildman–Crippen MR) is 66.8 cm³/mol. The molecule has 0 aromatic carbocycles. The summed E-state index contributed by atoms with van der Waals surface area (Å²) in [5.41, 5.74) is 1.18. The summed E-state index contributed by atoms with van der Waals surface area (Å²) in [4.78, 5) is 17.0. The Morgan fingerprint density at radius 1 is 1.41 bits per heavy atom. The predicted octanol–water partition coefficient (Wildman–Crippen LogP) is 1.67. The van der Waals surface area contributed by atoms with Gasteiger partial charge in [0.1, 0.15) is 6.04 Å². The van der Waals surface area contributed by atoms with E-state index < -0.39 is 12.0 Å². The topological polar surface area (TPSA) is 53.4 Å². The average Bonchev–Trinajstić information content (AvgIpc) is 2.27. The Morgan fingerprint density at radius 2 is 2.00 bits per heavy atom. The summed E-state index contributed by atoms with van der Waals surface area (Å²) in [6.45, 7) is 4.60. The zero-order valence-corrected chi connectivity index (χ0v) is 10.6. The first-order valence-corrected chi connectivity index (χ1v) is 5.84. The molecule has 4 nitrogen and oxygen atoms in total. The highest BCUT2D eigenvalue weighted by Crippen LogP contribution is 2.10. The van der Waals surface area contributed by atoms with E-state index in [1.807, 2.05) is 37.9 Å². The van der Waals surface area contributed by atoms with Gasteiger partial charge < -0.3 is 5.11 Å². The van der Waals surface area contributed by atoms with Gasteiger partial charge in [-0.2, -0.15) is 0 Å². The molecule has 1 N–H and O–H groups in total. The first kappa shape index (κ1) is 13.6. The molecule has 1 aromatic heterocycles. The van der Waals surface area contributed by atoms with Crippen LogP contribution >= 0.6 is 0 Å². The quantitative estimate of drug-likeness (QED) is 0.816. The molecule has 0 saturated carbocycles. The van der Waals surface area contributed by atoms with Gasteiger partial charge in [0.15, 0.2) is 0 Å². The van der Waals surface area contributed by atoms with Gasteiger partial charge in [-0.05, 0) is 37.1 Å². The number of nitrogens with zero attached hydrogens (tertiary/aromatic N) is 2. The Hall–Kier alpha value is -1.42. The lowest BCUT2D eigenvalue weighted by Gasteiger charge is -2.27. The van der Waals surface area contributed by atoms with Crippen LogP contribution < -0.4 is 0 Å². The third-order valence-electron chi connectivity index (χ3n) is 2.86. The molecule has 0 radical (unpaired) electrons. The normalized spacial score (nSPS) is 13.0. The number of hydrogen-bond donors (Lipinski definition) is 1. The second-order valence-electron chi connectivity index (χ2n) is 4.61. The fraction of sp³-hybridized carbons (Fsp3) is 0.538. The number of pyridine rings is 1. The van der Waals surface area contributed by atoms with Crippen molar-refractivity contribution in [3.8, 4) is 0 Å². The van der Waals surface area contributed by atoms with Crippen LogP contribution in [0.25, 0.3) is 0 Å². The van der Waals surface area contributed by atoms with Crippen LogP contribution in [0.1, 0.15) is 19.4 Å². The van der Waals surface area contributed by atoms with Gasteiger partial charge in [0.05, 0.1) is 0 Å². The van der Waals surface area contributed by atoms with E-state index in [1.165, 1.54) is 5.56 Å². The Bertz CT molecular complexity index is 352. The number of carboxylic acids is 1. The Morgan fingerprint density at radius 3 is 2.47 bits per heavy atom. The maximum Gasteiger partial charge on any atom is 0.321 e. The summed E-state index contributed by atoms with van der Waals surface area (Å²) < 4.78 is 0. The smallest absolute Gasteiger partial charge is 0.321 e. The molecule has 0 aliphatic heterocycles. The number of carboxylic acid groups (broad SMARTS) is 1. The van der Waals surface area contributed by atoms with E-state index in [0.29, 0.717) is 0 Å². The number of hydrogen-bond acceptors (Lipinski definition) is 3. The summed E-state index contributed by atoms with van der Waals surface area (Å²) in [7, 11) is 1.86. The number of rotatable bonds is 6. The van der Waals surface area contributed by atoms with Gasteiger partial charge >= 0.3 is 5.97 Å². The maximum atomic E-state index is 11.1. The van der Waals surface area contributed by atoms with Crippen LogP contribution in [-0.2, 0) is 11.2 Å². The van der Waals surface area contributed by atoms with Crippen molar-refractivity contribution in [3.63, 3.8) is 0 Å².